The minimum absolute atomic E-state index is 0.126. The van der Waals surface area contributed by atoms with E-state index >= 15 is 0 Å². The second kappa shape index (κ2) is 7.80. The molecular formula is C17H12F3N3O3S. The number of nitrogens with zero attached hydrogens (tertiary/aromatic N) is 2. The number of carbonyl (C=O) groups excluding carboxylic acids is 1. The standard InChI is InChI=1S/C17H12F3N3O3S/c18-17(19,20)13-7-5-12(6-8-13)15-21-22-16(26-15)27-9-10-1-3-11(4-2-10)14(24)23-25/h1-8,25H,9H2,(H,23,24). The average molecular weight is 395 g/mol. The van der Waals surface area contributed by atoms with E-state index in [2.05, 4.69) is 10.2 Å². The second-order valence-electron chi connectivity index (χ2n) is 5.37. The zero-order valence-electron chi connectivity index (χ0n) is 13.5. The van der Waals surface area contributed by atoms with Crippen LogP contribution in [0.2, 0.25) is 0 Å². The largest absolute Gasteiger partial charge is 0.416 e. The summed E-state index contributed by atoms with van der Waals surface area (Å²) in [5.41, 5.74) is 2.38. The summed E-state index contributed by atoms with van der Waals surface area (Å²) in [4.78, 5) is 11.3. The number of hydrogen-bond donors (Lipinski definition) is 2. The van der Waals surface area contributed by atoms with Crippen molar-refractivity contribution in [2.24, 2.45) is 0 Å². The lowest BCUT2D eigenvalue weighted by Gasteiger charge is -2.05. The van der Waals surface area contributed by atoms with Crippen LogP contribution < -0.4 is 5.48 Å². The van der Waals surface area contributed by atoms with Crippen LogP contribution >= 0.6 is 11.8 Å². The Bertz CT molecular complexity index is 925. The summed E-state index contributed by atoms with van der Waals surface area (Å²) in [5.74, 6) is 0.00355. The van der Waals surface area contributed by atoms with Gasteiger partial charge in [0.25, 0.3) is 11.1 Å². The van der Waals surface area contributed by atoms with E-state index in [9.17, 15) is 18.0 Å². The molecule has 0 atom stereocenters. The van der Waals surface area contributed by atoms with Crippen LogP contribution in [0.25, 0.3) is 11.5 Å². The highest BCUT2D eigenvalue weighted by atomic mass is 32.2. The van der Waals surface area contributed by atoms with Crippen molar-refractivity contribution in [2.75, 3.05) is 0 Å². The van der Waals surface area contributed by atoms with Crippen LogP contribution in [-0.2, 0) is 11.9 Å². The van der Waals surface area contributed by atoms with Crippen LogP contribution in [0.3, 0.4) is 0 Å². The Hall–Kier alpha value is -2.85. The van der Waals surface area contributed by atoms with Crippen molar-refractivity contribution in [2.45, 2.75) is 17.2 Å². The monoisotopic (exact) mass is 395 g/mol. The Morgan fingerprint density at radius 1 is 1.07 bits per heavy atom. The topological polar surface area (TPSA) is 88.2 Å². The average Bonchev–Trinajstić information content (AvgIpc) is 3.14. The van der Waals surface area contributed by atoms with Crippen LogP contribution in [0.5, 0.6) is 0 Å². The lowest BCUT2D eigenvalue weighted by molar-refractivity contribution is -0.137. The van der Waals surface area contributed by atoms with E-state index in [1.54, 1.807) is 29.7 Å². The number of rotatable bonds is 5. The van der Waals surface area contributed by atoms with Crippen LogP contribution in [0.15, 0.2) is 58.2 Å². The van der Waals surface area contributed by atoms with E-state index in [-0.39, 0.29) is 11.1 Å². The fraction of sp³-hybridized carbons (Fsp3) is 0.118. The van der Waals surface area contributed by atoms with E-state index in [4.69, 9.17) is 9.62 Å². The van der Waals surface area contributed by atoms with Crippen molar-refractivity contribution in [1.82, 2.24) is 15.7 Å². The van der Waals surface area contributed by atoms with Crippen molar-refractivity contribution in [1.29, 1.82) is 0 Å². The summed E-state index contributed by atoms with van der Waals surface area (Å²) in [6, 6.07) is 11.0. The van der Waals surface area contributed by atoms with Crippen LogP contribution in [0.1, 0.15) is 21.5 Å². The van der Waals surface area contributed by atoms with Gasteiger partial charge in [0.05, 0.1) is 5.56 Å². The molecule has 0 fully saturated rings. The number of halogens is 3. The van der Waals surface area contributed by atoms with Gasteiger partial charge in [-0.05, 0) is 42.0 Å². The van der Waals surface area contributed by atoms with Crippen LogP contribution in [-0.4, -0.2) is 21.3 Å². The predicted octanol–water partition coefficient (Wildman–Crippen LogP) is 4.17. The van der Waals surface area contributed by atoms with Crippen molar-refractivity contribution in [3.63, 3.8) is 0 Å². The van der Waals surface area contributed by atoms with Crippen LogP contribution in [0, 0.1) is 0 Å². The molecule has 0 aliphatic carbocycles. The zero-order chi connectivity index (χ0) is 19.4. The molecular weight excluding hydrogens is 383 g/mol. The lowest BCUT2D eigenvalue weighted by atomic mass is 10.1. The summed E-state index contributed by atoms with van der Waals surface area (Å²) in [6.07, 6.45) is -4.40. The molecule has 27 heavy (non-hydrogen) atoms. The third-order valence-corrected chi connectivity index (χ3v) is 4.44. The molecule has 2 N–H and O–H groups in total. The minimum Gasteiger partial charge on any atom is -0.411 e. The number of hydroxylamine groups is 1. The first-order valence-electron chi connectivity index (χ1n) is 7.54. The van der Waals surface area contributed by atoms with Gasteiger partial charge in [-0.2, -0.15) is 13.2 Å². The molecule has 3 rings (SSSR count). The maximum absolute atomic E-state index is 12.6. The Morgan fingerprint density at radius 3 is 2.33 bits per heavy atom. The fourth-order valence-electron chi connectivity index (χ4n) is 2.15. The SMILES string of the molecule is O=C(NO)c1ccc(CSc2nnc(-c3ccc(C(F)(F)F)cc3)o2)cc1. The van der Waals surface area contributed by atoms with Crippen LogP contribution in [0.4, 0.5) is 13.2 Å². The molecule has 3 aromatic rings. The maximum atomic E-state index is 12.6. The molecule has 10 heteroatoms. The quantitative estimate of drug-likeness (QED) is 0.383. The molecule has 1 aromatic heterocycles. The van der Waals surface area contributed by atoms with Gasteiger partial charge in [0.2, 0.25) is 5.89 Å². The predicted molar refractivity (Wildman–Crippen MR) is 90.0 cm³/mol. The third kappa shape index (κ3) is 4.66. The van der Waals surface area contributed by atoms with E-state index in [0.717, 1.165) is 17.7 Å². The number of amides is 1. The van der Waals surface area contributed by atoms with Crippen molar-refractivity contribution in [3.05, 3.63) is 65.2 Å². The maximum Gasteiger partial charge on any atom is 0.416 e. The highest BCUT2D eigenvalue weighted by molar-refractivity contribution is 7.98. The molecule has 0 aliphatic rings. The summed E-state index contributed by atoms with van der Waals surface area (Å²) in [7, 11) is 0. The second-order valence-corrected chi connectivity index (χ2v) is 6.30. The molecule has 0 bridgehead atoms. The van der Waals surface area contributed by atoms with Gasteiger partial charge in [-0.1, -0.05) is 23.9 Å². The first kappa shape index (κ1) is 18.9. The Morgan fingerprint density at radius 2 is 1.74 bits per heavy atom. The molecule has 0 saturated heterocycles. The Balaban J connectivity index is 1.63. The van der Waals surface area contributed by atoms with Gasteiger partial charge < -0.3 is 4.42 Å². The molecule has 0 aliphatic heterocycles. The summed E-state index contributed by atoms with van der Waals surface area (Å²) >= 11 is 1.25. The highest BCUT2D eigenvalue weighted by Crippen LogP contribution is 2.31. The number of aromatic nitrogens is 2. The zero-order valence-corrected chi connectivity index (χ0v) is 14.3. The Labute approximate surface area is 155 Å². The molecule has 140 valence electrons. The normalized spacial score (nSPS) is 11.4. The summed E-state index contributed by atoms with van der Waals surface area (Å²) in [6.45, 7) is 0. The van der Waals surface area contributed by atoms with Gasteiger partial charge in [0.1, 0.15) is 0 Å². The molecule has 1 amide bonds. The number of alkyl halides is 3. The van der Waals surface area contributed by atoms with Crippen molar-refractivity contribution in [3.8, 4) is 11.5 Å². The smallest absolute Gasteiger partial charge is 0.411 e. The van der Waals surface area contributed by atoms with Gasteiger partial charge in [-0.25, -0.2) is 5.48 Å². The first-order valence-corrected chi connectivity index (χ1v) is 8.52. The van der Waals surface area contributed by atoms with Gasteiger partial charge in [0, 0.05) is 16.9 Å². The van der Waals surface area contributed by atoms with Gasteiger partial charge in [-0.3, -0.25) is 10.0 Å². The molecule has 0 unspecified atom stereocenters. The van der Waals surface area contributed by atoms with Gasteiger partial charge in [0.15, 0.2) is 0 Å². The molecule has 6 nitrogen and oxygen atoms in total. The van der Waals surface area contributed by atoms with E-state index in [1.807, 2.05) is 0 Å². The van der Waals surface area contributed by atoms with Gasteiger partial charge in [-0.15, -0.1) is 10.2 Å². The summed E-state index contributed by atoms with van der Waals surface area (Å²) < 4.78 is 43.2. The molecule has 0 spiro atoms. The molecule has 0 radical (unpaired) electrons. The molecule has 1 heterocycles. The number of benzene rings is 2. The molecule has 0 saturated carbocycles. The number of thioether (sulfide) groups is 1. The summed E-state index contributed by atoms with van der Waals surface area (Å²) in [5, 5.41) is 16.5. The van der Waals surface area contributed by atoms with E-state index in [1.165, 1.54) is 23.9 Å². The molecule has 2 aromatic carbocycles. The van der Waals surface area contributed by atoms with Crippen molar-refractivity contribution >= 4 is 17.7 Å². The Kier molecular flexibility index (Phi) is 5.47. The number of hydrogen-bond acceptors (Lipinski definition) is 6. The van der Waals surface area contributed by atoms with Gasteiger partial charge >= 0.3 is 6.18 Å². The number of nitrogens with one attached hydrogen (secondary N) is 1. The lowest BCUT2D eigenvalue weighted by Crippen LogP contribution is -2.18. The highest BCUT2D eigenvalue weighted by Gasteiger charge is 2.30. The first-order chi connectivity index (χ1) is 12.9. The fourth-order valence-corrected chi connectivity index (χ4v) is 2.87. The van der Waals surface area contributed by atoms with E-state index < -0.39 is 17.6 Å². The number of carbonyl (C=O) groups is 1. The van der Waals surface area contributed by atoms with E-state index in [0.29, 0.717) is 16.9 Å². The third-order valence-electron chi connectivity index (χ3n) is 3.55. The minimum atomic E-state index is -4.40. The van der Waals surface area contributed by atoms with Crippen molar-refractivity contribution < 1.29 is 27.6 Å².